The first-order valence-electron chi connectivity index (χ1n) is 16.8. The van der Waals surface area contributed by atoms with Crippen molar-refractivity contribution in [1.29, 1.82) is 0 Å². The van der Waals surface area contributed by atoms with E-state index in [0.29, 0.717) is 54.9 Å². The standard InChI is InChI=1S/C36H41N9O4/c1-42(2)34(48)27-8-4-26(5-9-27)24-44-14-15-45-30(36(44)12-3-13-36)23-37-31(45)33(47)38-20-25-6-10-29(11-7-25)41-32(46)28-21-39-35(40-22-28)43-16-18-49-19-17-43/h4-11,21-23H,3,12-20,24H2,1-2H3,(H,38,47)(H,41,46). The predicted molar refractivity (Wildman–Crippen MR) is 183 cm³/mol. The smallest absolute Gasteiger partial charge is 0.287 e. The maximum Gasteiger partial charge on any atom is 0.287 e. The minimum Gasteiger partial charge on any atom is -0.378 e. The van der Waals surface area contributed by atoms with Crippen LogP contribution < -0.4 is 15.5 Å². The Morgan fingerprint density at radius 3 is 2.16 bits per heavy atom. The zero-order valence-corrected chi connectivity index (χ0v) is 27.9. The molecular formula is C36H41N9O4. The molecule has 3 aliphatic rings. The van der Waals surface area contributed by atoms with E-state index in [1.807, 2.05) is 59.6 Å². The first-order valence-corrected chi connectivity index (χ1v) is 16.8. The molecule has 0 unspecified atom stereocenters. The first-order chi connectivity index (χ1) is 23.8. The summed E-state index contributed by atoms with van der Waals surface area (Å²) < 4.78 is 7.45. The van der Waals surface area contributed by atoms with Gasteiger partial charge in [0.1, 0.15) is 0 Å². The molecule has 4 heterocycles. The zero-order chi connectivity index (χ0) is 34.0. The summed E-state index contributed by atoms with van der Waals surface area (Å²) in [7, 11) is 3.51. The summed E-state index contributed by atoms with van der Waals surface area (Å²) in [4.78, 5) is 57.9. The number of nitrogens with zero attached hydrogens (tertiary/aromatic N) is 7. The molecule has 7 rings (SSSR count). The van der Waals surface area contributed by atoms with Crippen molar-refractivity contribution >= 4 is 29.4 Å². The van der Waals surface area contributed by atoms with Crippen LogP contribution in [-0.4, -0.2) is 94.0 Å². The van der Waals surface area contributed by atoms with Gasteiger partial charge in [0.05, 0.1) is 36.2 Å². The number of amides is 3. The third-order valence-electron chi connectivity index (χ3n) is 9.75. The Kier molecular flexibility index (Phi) is 9.11. The van der Waals surface area contributed by atoms with Crippen molar-refractivity contribution in [3.8, 4) is 0 Å². The molecule has 0 bridgehead atoms. The minimum absolute atomic E-state index is 0.00601. The summed E-state index contributed by atoms with van der Waals surface area (Å²) in [5, 5.41) is 5.91. The van der Waals surface area contributed by atoms with E-state index in [4.69, 9.17) is 4.74 Å². The van der Waals surface area contributed by atoms with Crippen LogP contribution in [0.25, 0.3) is 0 Å². The zero-order valence-electron chi connectivity index (χ0n) is 27.9. The van der Waals surface area contributed by atoms with Crippen LogP contribution in [-0.2, 0) is 29.9 Å². The van der Waals surface area contributed by atoms with Gasteiger partial charge in [0, 0.05) is 77.0 Å². The fourth-order valence-electron chi connectivity index (χ4n) is 6.83. The van der Waals surface area contributed by atoms with Crippen LogP contribution in [0.4, 0.5) is 11.6 Å². The Labute approximate surface area is 285 Å². The van der Waals surface area contributed by atoms with Crippen LogP contribution in [0.2, 0.25) is 0 Å². The van der Waals surface area contributed by atoms with E-state index in [-0.39, 0.29) is 23.3 Å². The van der Waals surface area contributed by atoms with Crippen molar-refractivity contribution < 1.29 is 19.1 Å². The van der Waals surface area contributed by atoms with Crippen LogP contribution in [0.3, 0.4) is 0 Å². The van der Waals surface area contributed by atoms with E-state index in [2.05, 4.69) is 35.1 Å². The number of fused-ring (bicyclic) bond motifs is 2. The molecule has 1 saturated heterocycles. The molecule has 2 aromatic heterocycles. The second kappa shape index (κ2) is 13.8. The van der Waals surface area contributed by atoms with Crippen molar-refractivity contribution in [3.05, 3.63) is 101 Å². The number of morpholine rings is 1. The maximum absolute atomic E-state index is 13.4. The molecule has 1 aliphatic carbocycles. The Balaban J connectivity index is 0.941. The van der Waals surface area contributed by atoms with Crippen molar-refractivity contribution in [2.45, 2.75) is 44.4 Å². The van der Waals surface area contributed by atoms with Crippen molar-refractivity contribution in [2.75, 3.05) is 57.2 Å². The second-order valence-corrected chi connectivity index (χ2v) is 13.0. The van der Waals surface area contributed by atoms with Crippen molar-refractivity contribution in [2.24, 2.45) is 0 Å². The highest BCUT2D eigenvalue weighted by Crippen LogP contribution is 2.49. The number of carbonyl (C=O) groups excluding carboxylic acids is 3. The van der Waals surface area contributed by atoms with Gasteiger partial charge in [-0.3, -0.25) is 19.3 Å². The van der Waals surface area contributed by atoms with E-state index in [1.165, 1.54) is 12.4 Å². The van der Waals surface area contributed by atoms with E-state index in [1.54, 1.807) is 19.0 Å². The normalized spacial score (nSPS) is 16.8. The Bertz CT molecular complexity index is 1810. The van der Waals surface area contributed by atoms with Gasteiger partial charge in [-0.25, -0.2) is 15.0 Å². The van der Waals surface area contributed by atoms with E-state index < -0.39 is 0 Å². The number of aromatic nitrogens is 4. The third-order valence-corrected chi connectivity index (χ3v) is 9.75. The van der Waals surface area contributed by atoms with E-state index in [0.717, 1.165) is 62.3 Å². The van der Waals surface area contributed by atoms with Gasteiger partial charge in [-0.1, -0.05) is 24.3 Å². The number of benzene rings is 2. The van der Waals surface area contributed by atoms with Gasteiger partial charge >= 0.3 is 0 Å². The fraction of sp³-hybridized carbons (Fsp3) is 0.389. The summed E-state index contributed by atoms with van der Waals surface area (Å²) in [5.41, 5.74) is 4.69. The van der Waals surface area contributed by atoms with Crippen LogP contribution in [0, 0.1) is 0 Å². The highest BCUT2D eigenvalue weighted by Gasteiger charge is 2.49. The Morgan fingerprint density at radius 2 is 1.51 bits per heavy atom. The van der Waals surface area contributed by atoms with Gasteiger partial charge in [0.15, 0.2) is 5.82 Å². The van der Waals surface area contributed by atoms with Crippen LogP contribution in [0.1, 0.15) is 67.4 Å². The molecule has 2 aromatic carbocycles. The topological polar surface area (TPSA) is 138 Å². The number of hydrogen-bond donors (Lipinski definition) is 2. The molecule has 1 saturated carbocycles. The summed E-state index contributed by atoms with van der Waals surface area (Å²) in [6, 6.07) is 15.2. The van der Waals surface area contributed by atoms with Gasteiger partial charge in [0.2, 0.25) is 5.95 Å². The molecule has 49 heavy (non-hydrogen) atoms. The summed E-state index contributed by atoms with van der Waals surface area (Å²) in [6.45, 7) is 5.30. The van der Waals surface area contributed by atoms with Crippen molar-refractivity contribution in [1.82, 2.24) is 34.6 Å². The number of carbonyl (C=O) groups is 3. The molecule has 3 amide bonds. The number of ether oxygens (including phenoxy) is 1. The van der Waals surface area contributed by atoms with Gasteiger partial charge in [0.25, 0.3) is 17.7 Å². The number of hydrogen-bond acceptors (Lipinski definition) is 9. The molecule has 0 radical (unpaired) electrons. The van der Waals surface area contributed by atoms with E-state index in [9.17, 15) is 14.4 Å². The Hall–Kier alpha value is -5.14. The summed E-state index contributed by atoms with van der Waals surface area (Å²) in [5.74, 6) is 0.500. The second-order valence-electron chi connectivity index (χ2n) is 13.0. The van der Waals surface area contributed by atoms with Crippen LogP contribution >= 0.6 is 0 Å². The van der Waals surface area contributed by atoms with Gasteiger partial charge in [-0.2, -0.15) is 0 Å². The van der Waals surface area contributed by atoms with Crippen LogP contribution in [0.5, 0.6) is 0 Å². The lowest BCUT2D eigenvalue weighted by atomic mass is 9.72. The average Bonchev–Trinajstić information content (AvgIpc) is 3.55. The SMILES string of the molecule is CN(C)C(=O)c1ccc(CN2CCn3c(cnc3C(=O)NCc3ccc(NC(=O)c4cnc(N5CCOCC5)nc4)cc3)C23CCC3)cc1. The maximum atomic E-state index is 13.4. The molecule has 13 nitrogen and oxygen atoms in total. The highest BCUT2D eigenvalue weighted by molar-refractivity contribution is 6.03. The number of nitrogens with one attached hydrogen (secondary N) is 2. The van der Waals surface area contributed by atoms with Gasteiger partial charge in [-0.05, 0) is 54.7 Å². The number of rotatable bonds is 9. The molecule has 0 atom stereocenters. The van der Waals surface area contributed by atoms with E-state index >= 15 is 0 Å². The Morgan fingerprint density at radius 1 is 0.816 bits per heavy atom. The lowest BCUT2D eigenvalue weighted by Crippen LogP contribution is -2.56. The van der Waals surface area contributed by atoms with Gasteiger partial charge < -0.3 is 29.7 Å². The molecule has 2 fully saturated rings. The quantitative estimate of drug-likeness (QED) is 0.276. The summed E-state index contributed by atoms with van der Waals surface area (Å²) >= 11 is 0. The lowest BCUT2D eigenvalue weighted by molar-refractivity contribution is -0.0217. The number of imidazole rings is 1. The molecule has 2 aliphatic heterocycles. The third kappa shape index (κ3) is 6.63. The largest absolute Gasteiger partial charge is 0.378 e. The molecule has 2 N–H and O–H groups in total. The van der Waals surface area contributed by atoms with Gasteiger partial charge in [-0.15, -0.1) is 0 Å². The first kappa shape index (κ1) is 32.4. The molecule has 254 valence electrons. The fourth-order valence-corrected chi connectivity index (χ4v) is 6.83. The molecule has 13 heteroatoms. The monoisotopic (exact) mass is 663 g/mol. The average molecular weight is 664 g/mol. The molecule has 4 aromatic rings. The summed E-state index contributed by atoms with van der Waals surface area (Å²) in [6.07, 6.45) is 8.11. The minimum atomic E-state index is -0.295. The van der Waals surface area contributed by atoms with Crippen LogP contribution in [0.15, 0.2) is 67.1 Å². The molecular weight excluding hydrogens is 622 g/mol. The molecule has 1 spiro atoms. The lowest BCUT2D eigenvalue weighted by Gasteiger charge is -2.53. The number of anilines is 2. The van der Waals surface area contributed by atoms with Crippen molar-refractivity contribution in [3.63, 3.8) is 0 Å². The predicted octanol–water partition coefficient (Wildman–Crippen LogP) is 3.29. The highest BCUT2D eigenvalue weighted by atomic mass is 16.5.